The zero-order valence-electron chi connectivity index (χ0n) is 16.9. The second kappa shape index (κ2) is 9.01. The van der Waals surface area contributed by atoms with Crippen LogP contribution in [0.4, 0.5) is 13.2 Å². The summed E-state index contributed by atoms with van der Waals surface area (Å²) in [6, 6.07) is 13.2. The number of nitrogens with zero attached hydrogens (tertiary/aromatic N) is 5. The highest BCUT2D eigenvalue weighted by molar-refractivity contribution is 7.97. The summed E-state index contributed by atoms with van der Waals surface area (Å²) >= 11 is 1.52. The number of alkyl halides is 3. The SMILES string of the molecule is CNSc1cccc(Cn2nc(-c3nc(-c4ccc(OC(F)(F)F)cc4)no3)nc2C)c1. The monoisotopic (exact) mass is 462 g/mol. The summed E-state index contributed by atoms with van der Waals surface area (Å²) in [7, 11) is 1.86. The Morgan fingerprint density at radius 2 is 1.88 bits per heavy atom. The fourth-order valence-corrected chi connectivity index (χ4v) is 3.49. The van der Waals surface area contributed by atoms with Crippen molar-refractivity contribution in [2.45, 2.75) is 24.7 Å². The van der Waals surface area contributed by atoms with Gasteiger partial charge in [-0.15, -0.1) is 18.3 Å². The van der Waals surface area contributed by atoms with Crippen LogP contribution in [0.3, 0.4) is 0 Å². The van der Waals surface area contributed by atoms with Gasteiger partial charge in [0.2, 0.25) is 11.6 Å². The Labute approximate surface area is 184 Å². The number of halogens is 3. The molecule has 8 nitrogen and oxygen atoms in total. The molecule has 2 heterocycles. The van der Waals surface area contributed by atoms with Gasteiger partial charge in [-0.25, -0.2) is 9.67 Å². The second-order valence-corrected chi connectivity index (χ2v) is 7.67. The number of aryl methyl sites for hydroxylation is 1. The van der Waals surface area contributed by atoms with Crippen LogP contribution in [-0.4, -0.2) is 38.3 Å². The average Bonchev–Trinajstić information content (AvgIpc) is 3.35. The van der Waals surface area contributed by atoms with Crippen LogP contribution in [0.5, 0.6) is 5.75 Å². The molecule has 2 aromatic carbocycles. The van der Waals surface area contributed by atoms with Crippen molar-refractivity contribution in [1.82, 2.24) is 29.6 Å². The van der Waals surface area contributed by atoms with Crippen molar-refractivity contribution in [2.75, 3.05) is 7.05 Å². The van der Waals surface area contributed by atoms with E-state index >= 15 is 0 Å². The molecule has 2 aromatic heterocycles. The first-order valence-electron chi connectivity index (χ1n) is 9.35. The summed E-state index contributed by atoms with van der Waals surface area (Å²) in [6.45, 7) is 2.33. The number of rotatable bonds is 7. The van der Waals surface area contributed by atoms with Gasteiger partial charge in [-0.05, 0) is 67.9 Å². The number of hydrogen-bond acceptors (Lipinski definition) is 8. The molecule has 0 aliphatic heterocycles. The van der Waals surface area contributed by atoms with Gasteiger partial charge in [0.15, 0.2) is 0 Å². The lowest BCUT2D eigenvalue weighted by atomic mass is 10.2. The molecule has 4 aromatic rings. The first kappa shape index (κ1) is 21.8. The maximum atomic E-state index is 12.3. The van der Waals surface area contributed by atoms with Gasteiger partial charge in [-0.3, -0.25) is 4.72 Å². The normalized spacial score (nSPS) is 11.7. The third-order valence-corrected chi connectivity index (χ3v) is 4.96. The minimum atomic E-state index is -4.75. The molecular formula is C20H17F3N6O2S. The smallest absolute Gasteiger partial charge is 0.406 e. The van der Waals surface area contributed by atoms with E-state index in [1.54, 1.807) is 4.68 Å². The van der Waals surface area contributed by atoms with Crippen LogP contribution in [0.25, 0.3) is 23.1 Å². The minimum Gasteiger partial charge on any atom is -0.406 e. The Kier molecular flexibility index (Phi) is 6.15. The molecule has 4 rings (SSSR count). The van der Waals surface area contributed by atoms with Crippen LogP contribution in [0.15, 0.2) is 57.9 Å². The maximum absolute atomic E-state index is 12.3. The van der Waals surface area contributed by atoms with E-state index < -0.39 is 6.36 Å². The standard InChI is InChI=1S/C20H17F3N6O2S/c1-12-25-18(27-29(12)11-13-4-3-5-16(10-13)32-24-2)19-26-17(28-31-19)14-6-8-15(9-7-14)30-20(21,22)23/h3-10,24H,11H2,1-2H3. The summed E-state index contributed by atoms with van der Waals surface area (Å²) in [5, 5.41) is 8.33. The zero-order valence-corrected chi connectivity index (χ0v) is 17.7. The van der Waals surface area contributed by atoms with Gasteiger partial charge in [0.25, 0.3) is 5.89 Å². The van der Waals surface area contributed by atoms with Gasteiger partial charge in [-0.2, -0.15) is 4.98 Å². The van der Waals surface area contributed by atoms with Crippen LogP contribution >= 0.6 is 11.9 Å². The molecule has 166 valence electrons. The van der Waals surface area contributed by atoms with Gasteiger partial charge < -0.3 is 9.26 Å². The molecule has 0 fully saturated rings. The number of aromatic nitrogens is 5. The lowest BCUT2D eigenvalue weighted by Crippen LogP contribution is -2.16. The first-order valence-corrected chi connectivity index (χ1v) is 10.2. The molecule has 0 saturated carbocycles. The second-order valence-electron chi connectivity index (χ2n) is 6.59. The van der Waals surface area contributed by atoms with E-state index in [-0.39, 0.29) is 23.3 Å². The molecule has 12 heteroatoms. The number of ether oxygens (including phenoxy) is 1. The molecule has 0 unspecified atom stereocenters. The average molecular weight is 462 g/mol. The molecule has 0 amide bonds. The largest absolute Gasteiger partial charge is 0.573 e. The molecule has 0 aliphatic rings. The van der Waals surface area contributed by atoms with Crippen molar-refractivity contribution in [1.29, 1.82) is 0 Å². The van der Waals surface area contributed by atoms with Crippen molar-refractivity contribution in [3.05, 3.63) is 59.9 Å². The van der Waals surface area contributed by atoms with Gasteiger partial charge in [0.05, 0.1) is 6.54 Å². The van der Waals surface area contributed by atoms with Crippen molar-refractivity contribution in [3.8, 4) is 28.9 Å². The van der Waals surface area contributed by atoms with Crippen LogP contribution < -0.4 is 9.46 Å². The van der Waals surface area contributed by atoms with Gasteiger partial charge in [-0.1, -0.05) is 17.3 Å². The van der Waals surface area contributed by atoms with Crippen molar-refractivity contribution >= 4 is 11.9 Å². The van der Waals surface area contributed by atoms with Crippen LogP contribution in [0.2, 0.25) is 0 Å². The summed E-state index contributed by atoms with van der Waals surface area (Å²) < 4.78 is 50.8. The first-order chi connectivity index (χ1) is 15.3. The van der Waals surface area contributed by atoms with Crippen molar-refractivity contribution in [2.24, 2.45) is 0 Å². The third kappa shape index (κ3) is 5.26. The van der Waals surface area contributed by atoms with E-state index in [9.17, 15) is 13.2 Å². The Bertz CT molecular complexity index is 1210. The van der Waals surface area contributed by atoms with E-state index in [0.29, 0.717) is 17.9 Å². The lowest BCUT2D eigenvalue weighted by Gasteiger charge is -2.08. The maximum Gasteiger partial charge on any atom is 0.573 e. The Morgan fingerprint density at radius 3 is 2.59 bits per heavy atom. The Morgan fingerprint density at radius 1 is 1.09 bits per heavy atom. The number of benzene rings is 2. The quantitative estimate of drug-likeness (QED) is 0.402. The topological polar surface area (TPSA) is 90.9 Å². The zero-order chi connectivity index (χ0) is 22.7. The Balaban J connectivity index is 1.51. The minimum absolute atomic E-state index is 0.108. The van der Waals surface area contributed by atoms with Crippen LogP contribution in [0.1, 0.15) is 11.4 Å². The fourth-order valence-electron chi connectivity index (χ4n) is 2.90. The molecule has 1 N–H and O–H groups in total. The molecule has 32 heavy (non-hydrogen) atoms. The molecule has 0 radical (unpaired) electrons. The highest BCUT2D eigenvalue weighted by Crippen LogP contribution is 2.26. The number of nitrogens with one attached hydrogen (secondary N) is 1. The molecule has 0 bridgehead atoms. The molecule has 0 saturated heterocycles. The van der Waals surface area contributed by atoms with Gasteiger partial charge in [0.1, 0.15) is 11.6 Å². The fraction of sp³-hybridized carbons (Fsp3) is 0.200. The Hall–Kier alpha value is -3.38. The molecule has 0 atom stereocenters. The molecule has 0 spiro atoms. The highest BCUT2D eigenvalue weighted by atomic mass is 32.2. The lowest BCUT2D eigenvalue weighted by molar-refractivity contribution is -0.274. The third-order valence-electron chi connectivity index (χ3n) is 4.27. The van der Waals surface area contributed by atoms with Gasteiger partial charge in [0, 0.05) is 10.5 Å². The number of hydrogen-bond donors (Lipinski definition) is 1. The van der Waals surface area contributed by atoms with Crippen LogP contribution in [-0.2, 0) is 6.54 Å². The predicted octanol–water partition coefficient (Wildman–Crippen LogP) is 4.48. The van der Waals surface area contributed by atoms with E-state index in [1.807, 2.05) is 32.2 Å². The summed E-state index contributed by atoms with van der Waals surface area (Å²) in [5.74, 6) is 0.901. The van der Waals surface area contributed by atoms with E-state index in [2.05, 4.69) is 35.7 Å². The van der Waals surface area contributed by atoms with Crippen molar-refractivity contribution in [3.63, 3.8) is 0 Å². The van der Waals surface area contributed by atoms with Crippen LogP contribution in [0, 0.1) is 6.92 Å². The summed E-state index contributed by atoms with van der Waals surface area (Å²) in [5.41, 5.74) is 1.52. The van der Waals surface area contributed by atoms with E-state index in [1.165, 1.54) is 36.2 Å². The predicted molar refractivity (Wildman–Crippen MR) is 111 cm³/mol. The van der Waals surface area contributed by atoms with E-state index in [4.69, 9.17) is 4.52 Å². The summed E-state index contributed by atoms with van der Waals surface area (Å²) in [6.07, 6.45) is -4.75. The van der Waals surface area contributed by atoms with Gasteiger partial charge >= 0.3 is 6.36 Å². The molecule has 0 aliphatic carbocycles. The summed E-state index contributed by atoms with van der Waals surface area (Å²) in [4.78, 5) is 9.73. The molecular weight excluding hydrogens is 445 g/mol. The van der Waals surface area contributed by atoms with E-state index in [0.717, 1.165) is 10.5 Å². The van der Waals surface area contributed by atoms with Crippen molar-refractivity contribution < 1.29 is 22.4 Å². The highest BCUT2D eigenvalue weighted by Gasteiger charge is 2.31.